The molecule has 0 aliphatic heterocycles. The van der Waals surface area contributed by atoms with Gasteiger partial charge in [-0.2, -0.15) is 0 Å². The topological polar surface area (TPSA) is 96.0 Å². The molecular weight excluding hydrogens is 586 g/mol. The van der Waals surface area contributed by atoms with Crippen molar-refractivity contribution in [1.29, 1.82) is 0 Å². The second-order valence-corrected chi connectivity index (χ2v) is 12.2. The minimum atomic E-state index is -4.21. The molecule has 0 spiro atoms. The van der Waals surface area contributed by atoms with Gasteiger partial charge in [-0.05, 0) is 60.5 Å². The van der Waals surface area contributed by atoms with Gasteiger partial charge in [-0.25, -0.2) is 8.42 Å². The van der Waals surface area contributed by atoms with Crippen LogP contribution in [0.2, 0.25) is 5.02 Å². The van der Waals surface area contributed by atoms with Crippen LogP contribution < -0.4 is 14.4 Å². The molecule has 43 heavy (non-hydrogen) atoms. The highest BCUT2D eigenvalue weighted by Gasteiger charge is 2.34. The number of nitrogens with zero attached hydrogens (tertiary/aromatic N) is 2. The van der Waals surface area contributed by atoms with Crippen molar-refractivity contribution >= 4 is 39.1 Å². The van der Waals surface area contributed by atoms with E-state index in [-0.39, 0.29) is 23.8 Å². The summed E-state index contributed by atoms with van der Waals surface area (Å²) in [5.74, 6) is -0.455. The highest BCUT2D eigenvalue weighted by atomic mass is 35.5. The van der Waals surface area contributed by atoms with Crippen molar-refractivity contribution in [3.8, 4) is 5.75 Å². The Kier molecular flexibility index (Phi) is 10.4. The summed E-state index contributed by atoms with van der Waals surface area (Å²) in [5.41, 5.74) is 2.71. The minimum Gasteiger partial charge on any atom is -0.497 e. The molecule has 0 saturated heterocycles. The Bertz CT molecular complexity index is 1650. The van der Waals surface area contributed by atoms with Crippen LogP contribution in [0.15, 0.2) is 108 Å². The highest BCUT2D eigenvalue weighted by molar-refractivity contribution is 7.92. The molecule has 0 fully saturated rings. The Hall–Kier alpha value is -4.34. The summed E-state index contributed by atoms with van der Waals surface area (Å²) in [6.45, 7) is 1.33. The molecule has 4 rings (SSSR count). The fourth-order valence-corrected chi connectivity index (χ4v) is 6.26. The van der Waals surface area contributed by atoms with E-state index >= 15 is 0 Å². The lowest BCUT2D eigenvalue weighted by atomic mass is 10.0. The van der Waals surface area contributed by atoms with Crippen LogP contribution in [0.25, 0.3) is 0 Å². The summed E-state index contributed by atoms with van der Waals surface area (Å²) >= 11 is 6.49. The molecule has 4 aromatic carbocycles. The molecule has 4 aromatic rings. The third-order valence-corrected chi connectivity index (χ3v) is 9.22. The maximum atomic E-state index is 14.3. The van der Waals surface area contributed by atoms with Crippen molar-refractivity contribution in [1.82, 2.24) is 10.2 Å². The normalized spacial score (nSPS) is 11.8. The fraction of sp³-hybridized carbons (Fsp3) is 0.212. The third-order valence-electron chi connectivity index (χ3n) is 7.06. The molecular formula is C33H34ClN3O5S. The second-order valence-electron chi connectivity index (χ2n) is 9.96. The van der Waals surface area contributed by atoms with Crippen LogP contribution >= 0.6 is 11.6 Å². The van der Waals surface area contributed by atoms with Crippen molar-refractivity contribution in [2.45, 2.75) is 30.8 Å². The highest BCUT2D eigenvalue weighted by Crippen LogP contribution is 2.27. The van der Waals surface area contributed by atoms with Crippen LogP contribution in [-0.2, 0) is 32.6 Å². The average molecular weight is 620 g/mol. The summed E-state index contributed by atoms with van der Waals surface area (Å²) < 4.78 is 34.4. The van der Waals surface area contributed by atoms with Crippen LogP contribution in [0.4, 0.5) is 5.69 Å². The zero-order valence-corrected chi connectivity index (χ0v) is 25.8. The zero-order valence-electron chi connectivity index (χ0n) is 24.2. The maximum Gasteiger partial charge on any atom is 0.264 e. The number of rotatable bonds is 12. The standard InChI is InChI=1S/C33H34ClN3O5S/c1-24-13-15-27(16-14-24)37(43(40,41)29-19-17-28(42-3)18-20-29)23-32(38)36(22-26-11-7-8-12-30(26)34)31(33(39)35-2)21-25-9-5-4-6-10-25/h4-20,31H,21-23H2,1-3H3,(H,35,39). The molecule has 2 amide bonds. The van der Waals surface area contributed by atoms with Crippen LogP contribution in [0.3, 0.4) is 0 Å². The Morgan fingerprint density at radius 3 is 2.12 bits per heavy atom. The Morgan fingerprint density at radius 1 is 0.884 bits per heavy atom. The SMILES string of the molecule is CNC(=O)C(Cc1ccccc1)N(Cc1ccccc1Cl)C(=O)CN(c1ccc(C)cc1)S(=O)(=O)c1ccc(OC)cc1. The lowest BCUT2D eigenvalue weighted by Gasteiger charge is -2.33. The van der Waals surface area contributed by atoms with Gasteiger partial charge in [0.2, 0.25) is 11.8 Å². The Balaban J connectivity index is 1.79. The lowest BCUT2D eigenvalue weighted by Crippen LogP contribution is -2.53. The first kappa shape index (κ1) is 31.6. The van der Waals surface area contributed by atoms with Crippen molar-refractivity contribution in [3.63, 3.8) is 0 Å². The number of likely N-dealkylation sites (N-methyl/N-ethyl adjacent to an activating group) is 1. The number of ether oxygens (including phenoxy) is 1. The second kappa shape index (κ2) is 14.2. The average Bonchev–Trinajstić information content (AvgIpc) is 3.02. The number of amides is 2. The van der Waals surface area contributed by atoms with E-state index in [9.17, 15) is 18.0 Å². The predicted octanol–water partition coefficient (Wildman–Crippen LogP) is 5.24. The summed E-state index contributed by atoms with van der Waals surface area (Å²) in [6.07, 6.45) is 0.215. The molecule has 0 aliphatic rings. The predicted molar refractivity (Wildman–Crippen MR) is 169 cm³/mol. The van der Waals surface area contributed by atoms with Crippen molar-refractivity contribution in [2.75, 3.05) is 25.0 Å². The van der Waals surface area contributed by atoms with Gasteiger partial charge in [0.15, 0.2) is 0 Å². The number of aryl methyl sites for hydroxylation is 1. The van der Waals surface area contributed by atoms with Crippen molar-refractivity contribution < 1.29 is 22.7 Å². The summed E-state index contributed by atoms with van der Waals surface area (Å²) in [7, 11) is -1.21. The van der Waals surface area contributed by atoms with Gasteiger partial charge >= 0.3 is 0 Å². The Labute approximate surface area is 257 Å². The quantitative estimate of drug-likeness (QED) is 0.234. The van der Waals surface area contributed by atoms with E-state index in [2.05, 4.69) is 5.32 Å². The van der Waals surface area contributed by atoms with Gasteiger partial charge in [-0.3, -0.25) is 13.9 Å². The first-order chi connectivity index (χ1) is 20.6. The number of carbonyl (C=O) groups excluding carboxylic acids is 2. The van der Waals surface area contributed by atoms with Crippen LogP contribution in [0, 0.1) is 6.92 Å². The van der Waals surface area contributed by atoms with E-state index in [0.717, 1.165) is 15.4 Å². The van der Waals surface area contributed by atoms with Gasteiger partial charge in [-0.15, -0.1) is 0 Å². The molecule has 0 heterocycles. The van der Waals surface area contributed by atoms with E-state index < -0.39 is 28.5 Å². The molecule has 0 aromatic heterocycles. The van der Waals surface area contributed by atoms with Crippen molar-refractivity contribution in [3.05, 3.63) is 125 Å². The van der Waals surface area contributed by atoms with Gasteiger partial charge in [0, 0.05) is 25.0 Å². The number of sulfonamides is 1. The number of anilines is 1. The molecule has 10 heteroatoms. The number of methoxy groups -OCH3 is 1. The molecule has 0 saturated carbocycles. The first-order valence-electron chi connectivity index (χ1n) is 13.7. The smallest absolute Gasteiger partial charge is 0.264 e. The molecule has 0 bridgehead atoms. The molecule has 8 nitrogen and oxygen atoms in total. The largest absolute Gasteiger partial charge is 0.497 e. The monoisotopic (exact) mass is 619 g/mol. The van der Waals surface area contributed by atoms with E-state index in [4.69, 9.17) is 16.3 Å². The number of halogens is 1. The van der Waals surface area contributed by atoms with Crippen LogP contribution in [-0.4, -0.2) is 51.9 Å². The van der Waals surface area contributed by atoms with Crippen LogP contribution in [0.1, 0.15) is 16.7 Å². The van der Waals surface area contributed by atoms with Gasteiger partial charge in [0.1, 0.15) is 18.3 Å². The van der Waals surface area contributed by atoms with Gasteiger partial charge < -0.3 is 15.0 Å². The lowest BCUT2D eigenvalue weighted by molar-refractivity contribution is -0.139. The minimum absolute atomic E-state index is 0.00620. The summed E-state index contributed by atoms with van der Waals surface area (Å²) in [4.78, 5) is 29.0. The van der Waals surface area contributed by atoms with Crippen LogP contribution in [0.5, 0.6) is 5.75 Å². The van der Waals surface area contributed by atoms with E-state index in [1.165, 1.54) is 31.2 Å². The summed E-state index contributed by atoms with van der Waals surface area (Å²) in [6, 6.07) is 28.3. The number of nitrogens with one attached hydrogen (secondary N) is 1. The maximum absolute atomic E-state index is 14.3. The van der Waals surface area contributed by atoms with E-state index in [0.29, 0.717) is 22.0 Å². The number of carbonyl (C=O) groups is 2. The molecule has 1 atom stereocenters. The van der Waals surface area contributed by atoms with Gasteiger partial charge in [-0.1, -0.05) is 77.8 Å². The molecule has 1 N–H and O–H groups in total. The van der Waals surface area contributed by atoms with Gasteiger partial charge in [0.05, 0.1) is 17.7 Å². The third kappa shape index (κ3) is 7.74. The number of hydrogen-bond acceptors (Lipinski definition) is 5. The molecule has 0 radical (unpaired) electrons. The van der Waals surface area contributed by atoms with E-state index in [1.807, 2.05) is 37.3 Å². The zero-order chi connectivity index (χ0) is 31.0. The summed E-state index contributed by atoms with van der Waals surface area (Å²) in [5, 5.41) is 3.10. The van der Waals surface area contributed by atoms with E-state index in [1.54, 1.807) is 60.7 Å². The Morgan fingerprint density at radius 2 is 1.51 bits per heavy atom. The number of benzene rings is 4. The fourth-order valence-electron chi connectivity index (χ4n) is 4.65. The van der Waals surface area contributed by atoms with Gasteiger partial charge in [0.25, 0.3) is 10.0 Å². The molecule has 224 valence electrons. The number of hydrogen-bond donors (Lipinski definition) is 1. The molecule has 0 aliphatic carbocycles. The van der Waals surface area contributed by atoms with Crippen molar-refractivity contribution in [2.24, 2.45) is 0 Å². The first-order valence-corrected chi connectivity index (χ1v) is 15.5. The molecule has 1 unspecified atom stereocenters.